The van der Waals surface area contributed by atoms with Crippen LogP contribution in [0.3, 0.4) is 0 Å². The van der Waals surface area contributed by atoms with Crippen molar-refractivity contribution >= 4 is 17.3 Å². The van der Waals surface area contributed by atoms with Crippen LogP contribution in [0.1, 0.15) is 12.0 Å². The molecule has 0 atom stereocenters. The van der Waals surface area contributed by atoms with E-state index in [0.717, 1.165) is 30.6 Å². The van der Waals surface area contributed by atoms with E-state index in [-0.39, 0.29) is 0 Å². The van der Waals surface area contributed by atoms with Crippen molar-refractivity contribution in [3.05, 3.63) is 23.8 Å². The maximum absolute atomic E-state index is 11.9. The molecule has 110 valence electrons. The number of carbonyl (C=O) groups excluding carboxylic acids is 1. The fourth-order valence-corrected chi connectivity index (χ4v) is 2.07. The molecule has 4 nitrogen and oxygen atoms in total. The highest BCUT2D eigenvalue weighted by Crippen LogP contribution is 2.28. The van der Waals surface area contributed by atoms with Gasteiger partial charge < -0.3 is 15.4 Å². The van der Waals surface area contributed by atoms with Crippen molar-refractivity contribution in [3.8, 4) is 0 Å². The number of halogens is 3. The average molecular weight is 288 g/mol. The lowest BCUT2D eigenvalue weighted by Gasteiger charge is -2.21. The Kier molecular flexibility index (Phi) is 4.49. The summed E-state index contributed by atoms with van der Waals surface area (Å²) in [6, 6.07) is 5.42. The first-order valence-electron chi connectivity index (χ1n) is 6.26. The Morgan fingerprint density at radius 1 is 1.40 bits per heavy atom. The number of nitrogens with one attached hydrogen (secondary N) is 2. The minimum absolute atomic E-state index is 0.590. The minimum atomic E-state index is -4.42. The van der Waals surface area contributed by atoms with Gasteiger partial charge >= 0.3 is 6.18 Å². The highest BCUT2D eigenvalue weighted by atomic mass is 19.4. The molecule has 0 fully saturated rings. The van der Waals surface area contributed by atoms with Gasteiger partial charge in [0.2, 0.25) is 5.91 Å². The molecule has 2 rings (SSSR count). The zero-order valence-electron chi connectivity index (χ0n) is 10.7. The largest absolute Gasteiger partial charge is 0.411 e. The van der Waals surface area contributed by atoms with E-state index in [1.165, 1.54) is 0 Å². The summed E-state index contributed by atoms with van der Waals surface area (Å²) in [4.78, 5) is 11.6. The van der Waals surface area contributed by atoms with Gasteiger partial charge in [0.1, 0.15) is 13.2 Å². The fourth-order valence-electron chi connectivity index (χ4n) is 2.07. The predicted molar refractivity (Wildman–Crippen MR) is 68.8 cm³/mol. The van der Waals surface area contributed by atoms with Gasteiger partial charge in [-0.2, -0.15) is 13.2 Å². The van der Waals surface area contributed by atoms with Crippen molar-refractivity contribution in [2.75, 3.05) is 30.4 Å². The van der Waals surface area contributed by atoms with E-state index in [9.17, 15) is 18.0 Å². The molecule has 0 unspecified atom stereocenters. The molecule has 0 bridgehead atoms. The van der Waals surface area contributed by atoms with Crippen LogP contribution in [0.4, 0.5) is 24.5 Å². The molecule has 20 heavy (non-hydrogen) atoms. The summed E-state index contributed by atoms with van der Waals surface area (Å²) >= 11 is 0. The fraction of sp³-hybridized carbons (Fsp3) is 0.462. The number of hydrogen-bond acceptors (Lipinski definition) is 3. The Morgan fingerprint density at radius 3 is 2.95 bits per heavy atom. The second-order valence-electron chi connectivity index (χ2n) is 4.52. The first-order chi connectivity index (χ1) is 9.46. The molecular formula is C13H15F3N2O2. The van der Waals surface area contributed by atoms with Gasteiger partial charge in [0, 0.05) is 17.9 Å². The Morgan fingerprint density at radius 2 is 2.20 bits per heavy atom. The van der Waals surface area contributed by atoms with E-state index in [2.05, 4.69) is 15.4 Å². The molecule has 1 aromatic rings. The summed E-state index contributed by atoms with van der Waals surface area (Å²) < 4.78 is 40.0. The molecule has 0 radical (unpaired) electrons. The second-order valence-corrected chi connectivity index (χ2v) is 4.52. The lowest BCUT2D eigenvalue weighted by molar-refractivity contribution is -0.174. The van der Waals surface area contributed by atoms with Crippen molar-refractivity contribution in [2.24, 2.45) is 0 Å². The third-order valence-electron chi connectivity index (χ3n) is 2.87. The van der Waals surface area contributed by atoms with E-state index in [1.807, 2.05) is 6.07 Å². The van der Waals surface area contributed by atoms with Crippen LogP contribution in [0.15, 0.2) is 18.2 Å². The molecule has 1 heterocycles. The smallest absolute Gasteiger partial charge is 0.385 e. The molecule has 0 saturated heterocycles. The van der Waals surface area contributed by atoms with Gasteiger partial charge in [0.05, 0.1) is 0 Å². The van der Waals surface area contributed by atoms with Gasteiger partial charge in [-0.3, -0.25) is 4.79 Å². The van der Waals surface area contributed by atoms with Gasteiger partial charge in [-0.15, -0.1) is 0 Å². The molecule has 0 saturated carbocycles. The van der Waals surface area contributed by atoms with E-state index >= 15 is 0 Å². The Balaban J connectivity index is 1.91. The van der Waals surface area contributed by atoms with Crippen molar-refractivity contribution in [1.82, 2.24) is 0 Å². The molecule has 2 N–H and O–H groups in total. The zero-order chi connectivity index (χ0) is 14.6. The standard InChI is InChI=1S/C13H15F3N2O2/c14-13(15,16)8-20-7-12(19)18-11-5-1-4-10-9(11)3-2-6-17-10/h1,4-5,17H,2-3,6-8H2,(H,18,19). The van der Waals surface area contributed by atoms with Crippen LogP contribution in [-0.2, 0) is 16.0 Å². The monoisotopic (exact) mass is 288 g/mol. The first kappa shape index (κ1) is 14.6. The summed E-state index contributed by atoms with van der Waals surface area (Å²) in [7, 11) is 0. The van der Waals surface area contributed by atoms with Crippen molar-refractivity contribution in [3.63, 3.8) is 0 Å². The quantitative estimate of drug-likeness (QED) is 0.895. The number of benzene rings is 1. The molecule has 0 aliphatic carbocycles. The summed E-state index contributed by atoms with van der Waals surface area (Å²) in [5.41, 5.74) is 2.54. The average Bonchev–Trinajstić information content (AvgIpc) is 2.37. The van der Waals surface area contributed by atoms with Crippen LogP contribution in [0.2, 0.25) is 0 Å². The van der Waals surface area contributed by atoms with Crippen LogP contribution in [0, 0.1) is 0 Å². The van der Waals surface area contributed by atoms with Crippen LogP contribution in [0.25, 0.3) is 0 Å². The van der Waals surface area contributed by atoms with Crippen LogP contribution >= 0.6 is 0 Å². The van der Waals surface area contributed by atoms with Crippen LogP contribution in [0.5, 0.6) is 0 Å². The predicted octanol–water partition coefficient (Wildman–Crippen LogP) is 2.56. The van der Waals surface area contributed by atoms with Crippen LogP contribution < -0.4 is 10.6 Å². The molecule has 0 aromatic heterocycles. The van der Waals surface area contributed by atoms with E-state index in [1.54, 1.807) is 12.1 Å². The maximum Gasteiger partial charge on any atom is 0.411 e. The highest BCUT2D eigenvalue weighted by Gasteiger charge is 2.27. The van der Waals surface area contributed by atoms with Crippen molar-refractivity contribution in [1.29, 1.82) is 0 Å². The van der Waals surface area contributed by atoms with Gasteiger partial charge in [-0.1, -0.05) is 6.07 Å². The number of hydrogen-bond donors (Lipinski definition) is 2. The van der Waals surface area contributed by atoms with Gasteiger partial charge in [-0.05, 0) is 30.5 Å². The number of alkyl halides is 3. The Labute approximate surface area is 114 Å². The van der Waals surface area contributed by atoms with E-state index in [4.69, 9.17) is 0 Å². The Hall–Kier alpha value is -1.76. The van der Waals surface area contributed by atoms with Crippen molar-refractivity contribution < 1.29 is 22.7 Å². The second kappa shape index (κ2) is 6.13. The van der Waals surface area contributed by atoms with E-state index < -0.39 is 25.3 Å². The van der Waals surface area contributed by atoms with Gasteiger partial charge in [-0.25, -0.2) is 0 Å². The normalized spacial score (nSPS) is 14.3. The molecular weight excluding hydrogens is 273 g/mol. The SMILES string of the molecule is O=C(COCC(F)(F)F)Nc1cccc2c1CCCN2. The lowest BCUT2D eigenvalue weighted by atomic mass is 10.0. The van der Waals surface area contributed by atoms with Crippen molar-refractivity contribution in [2.45, 2.75) is 19.0 Å². The van der Waals surface area contributed by atoms with Gasteiger partial charge in [0.25, 0.3) is 0 Å². The molecule has 1 aliphatic rings. The topological polar surface area (TPSA) is 50.4 Å². The molecule has 0 spiro atoms. The lowest BCUT2D eigenvalue weighted by Crippen LogP contribution is -2.24. The number of carbonyl (C=O) groups is 1. The van der Waals surface area contributed by atoms with Crippen LogP contribution in [-0.4, -0.2) is 31.8 Å². The number of fused-ring (bicyclic) bond motifs is 1. The molecule has 1 aromatic carbocycles. The minimum Gasteiger partial charge on any atom is -0.385 e. The molecule has 1 aliphatic heterocycles. The summed E-state index contributed by atoms with van der Waals surface area (Å²) in [6.45, 7) is -1.16. The maximum atomic E-state index is 11.9. The molecule has 1 amide bonds. The van der Waals surface area contributed by atoms with Gasteiger partial charge in [0.15, 0.2) is 0 Å². The number of rotatable bonds is 4. The number of amides is 1. The summed E-state index contributed by atoms with van der Waals surface area (Å²) in [5.74, 6) is -0.590. The number of anilines is 2. The zero-order valence-corrected chi connectivity index (χ0v) is 10.7. The highest BCUT2D eigenvalue weighted by molar-refractivity contribution is 5.93. The summed E-state index contributed by atoms with van der Waals surface area (Å²) in [5, 5.41) is 5.79. The number of ether oxygens (including phenoxy) is 1. The first-order valence-corrected chi connectivity index (χ1v) is 6.26. The third kappa shape index (κ3) is 4.12. The van der Waals surface area contributed by atoms with E-state index in [0.29, 0.717) is 5.69 Å². The Bertz CT molecular complexity index is 489. The molecule has 7 heteroatoms. The third-order valence-corrected chi connectivity index (χ3v) is 2.87. The summed E-state index contributed by atoms with van der Waals surface area (Å²) in [6.07, 6.45) is -2.65.